The Morgan fingerprint density at radius 1 is 1.21 bits per heavy atom. The van der Waals surface area contributed by atoms with Crippen LogP contribution in [0.4, 0.5) is 0 Å². The summed E-state index contributed by atoms with van der Waals surface area (Å²) in [5, 5.41) is 6.06. The molecule has 0 saturated heterocycles. The highest BCUT2D eigenvalue weighted by Crippen LogP contribution is 2.17. The molecule has 0 aliphatic carbocycles. The molecule has 0 saturated carbocycles. The maximum atomic E-state index is 11.5. The largest absolute Gasteiger partial charge is 0.494 e. The Labute approximate surface area is 115 Å². The fourth-order valence-corrected chi connectivity index (χ4v) is 1.76. The number of hydrogen-bond donors (Lipinski definition) is 2. The Balaban J connectivity index is 2.44. The number of hydrogen-bond acceptors (Lipinski definition) is 3. The number of rotatable bonds is 7. The van der Waals surface area contributed by atoms with Crippen molar-refractivity contribution >= 4 is 5.91 Å². The fourth-order valence-electron chi connectivity index (χ4n) is 1.76. The number of ether oxygens (including phenoxy) is 1. The first-order chi connectivity index (χ1) is 9.02. The van der Waals surface area contributed by atoms with Crippen LogP contribution in [0.1, 0.15) is 39.3 Å². The van der Waals surface area contributed by atoms with Crippen LogP contribution < -0.4 is 15.4 Å². The number of amides is 1. The number of carbonyl (C=O) groups excluding carboxylic acids is 1. The van der Waals surface area contributed by atoms with E-state index < -0.39 is 0 Å². The molecule has 0 bridgehead atoms. The first-order valence-electron chi connectivity index (χ1n) is 6.78. The predicted molar refractivity (Wildman–Crippen MR) is 77.3 cm³/mol. The van der Waals surface area contributed by atoms with Crippen LogP contribution in [0.25, 0.3) is 0 Å². The van der Waals surface area contributed by atoms with Gasteiger partial charge in [-0.2, -0.15) is 0 Å². The van der Waals surface area contributed by atoms with Crippen LogP contribution in [-0.2, 0) is 4.79 Å². The van der Waals surface area contributed by atoms with Gasteiger partial charge < -0.3 is 15.4 Å². The van der Waals surface area contributed by atoms with E-state index in [0.717, 1.165) is 11.3 Å². The lowest BCUT2D eigenvalue weighted by atomic mass is 10.1. The van der Waals surface area contributed by atoms with Gasteiger partial charge >= 0.3 is 0 Å². The van der Waals surface area contributed by atoms with E-state index in [9.17, 15) is 4.79 Å². The first kappa shape index (κ1) is 15.5. The van der Waals surface area contributed by atoms with E-state index in [4.69, 9.17) is 4.74 Å². The van der Waals surface area contributed by atoms with Crippen molar-refractivity contribution in [2.45, 2.75) is 39.8 Å². The molecule has 0 spiro atoms. The molecule has 1 aromatic carbocycles. The molecule has 1 aromatic rings. The minimum Gasteiger partial charge on any atom is -0.494 e. The molecule has 19 heavy (non-hydrogen) atoms. The van der Waals surface area contributed by atoms with E-state index in [1.54, 1.807) is 0 Å². The molecule has 0 radical (unpaired) electrons. The van der Waals surface area contributed by atoms with Gasteiger partial charge in [0.25, 0.3) is 0 Å². The minimum atomic E-state index is 0.0211. The van der Waals surface area contributed by atoms with E-state index in [2.05, 4.69) is 10.6 Å². The lowest BCUT2D eigenvalue weighted by Crippen LogP contribution is -2.38. The summed E-state index contributed by atoms with van der Waals surface area (Å²) in [6, 6.07) is 8.24. The summed E-state index contributed by atoms with van der Waals surface area (Å²) in [5.74, 6) is 0.892. The van der Waals surface area contributed by atoms with Gasteiger partial charge in [-0.15, -0.1) is 0 Å². The Hall–Kier alpha value is -1.55. The summed E-state index contributed by atoms with van der Waals surface area (Å²) in [6.07, 6.45) is 0. The van der Waals surface area contributed by atoms with E-state index >= 15 is 0 Å². The van der Waals surface area contributed by atoms with Gasteiger partial charge in [0.2, 0.25) is 5.91 Å². The van der Waals surface area contributed by atoms with E-state index in [1.165, 1.54) is 0 Å². The zero-order chi connectivity index (χ0) is 14.3. The molecular weight excluding hydrogens is 240 g/mol. The molecule has 1 amide bonds. The summed E-state index contributed by atoms with van der Waals surface area (Å²) in [5.41, 5.74) is 1.14. The number of carbonyl (C=O) groups is 1. The second-order valence-electron chi connectivity index (χ2n) is 4.83. The standard InChI is InChI=1S/C15H24N2O2/c1-5-19-14-8-6-13(7-9-14)12(4)16-10-15(18)17-11(2)3/h6-9,11-12,16H,5,10H2,1-4H3,(H,17,18). The van der Waals surface area contributed by atoms with Gasteiger partial charge in [-0.05, 0) is 45.4 Å². The van der Waals surface area contributed by atoms with Crippen molar-refractivity contribution in [3.05, 3.63) is 29.8 Å². The van der Waals surface area contributed by atoms with Crippen LogP contribution in [0.2, 0.25) is 0 Å². The van der Waals surface area contributed by atoms with Crippen LogP contribution in [-0.4, -0.2) is 25.1 Å². The van der Waals surface area contributed by atoms with Crippen molar-refractivity contribution in [3.8, 4) is 5.75 Å². The summed E-state index contributed by atoms with van der Waals surface area (Å²) < 4.78 is 5.40. The molecule has 106 valence electrons. The zero-order valence-electron chi connectivity index (χ0n) is 12.2. The molecule has 0 aliphatic rings. The monoisotopic (exact) mass is 264 g/mol. The average Bonchev–Trinajstić information content (AvgIpc) is 2.36. The molecule has 0 fully saturated rings. The minimum absolute atomic E-state index is 0.0211. The number of benzene rings is 1. The Kier molecular flexibility index (Phi) is 6.36. The fraction of sp³-hybridized carbons (Fsp3) is 0.533. The van der Waals surface area contributed by atoms with E-state index in [0.29, 0.717) is 13.2 Å². The zero-order valence-corrected chi connectivity index (χ0v) is 12.2. The topological polar surface area (TPSA) is 50.4 Å². The highest BCUT2D eigenvalue weighted by Gasteiger charge is 2.08. The van der Waals surface area contributed by atoms with Crippen LogP contribution in [0.15, 0.2) is 24.3 Å². The van der Waals surface area contributed by atoms with Crippen molar-refractivity contribution in [2.75, 3.05) is 13.2 Å². The third kappa shape index (κ3) is 5.75. The molecule has 1 unspecified atom stereocenters. The summed E-state index contributed by atoms with van der Waals surface area (Å²) >= 11 is 0. The van der Waals surface area contributed by atoms with Gasteiger partial charge in [-0.3, -0.25) is 4.79 Å². The van der Waals surface area contributed by atoms with Gasteiger partial charge in [0.15, 0.2) is 0 Å². The van der Waals surface area contributed by atoms with Crippen LogP contribution in [0.3, 0.4) is 0 Å². The molecule has 4 heteroatoms. The lowest BCUT2D eigenvalue weighted by molar-refractivity contribution is -0.120. The van der Waals surface area contributed by atoms with Crippen molar-refractivity contribution in [2.24, 2.45) is 0 Å². The highest BCUT2D eigenvalue weighted by molar-refractivity contribution is 5.78. The second kappa shape index (κ2) is 7.79. The van der Waals surface area contributed by atoms with Crippen LogP contribution in [0, 0.1) is 0 Å². The third-order valence-electron chi connectivity index (χ3n) is 2.71. The lowest BCUT2D eigenvalue weighted by Gasteiger charge is -2.15. The Morgan fingerprint density at radius 2 is 1.84 bits per heavy atom. The number of nitrogens with one attached hydrogen (secondary N) is 2. The quantitative estimate of drug-likeness (QED) is 0.794. The molecular formula is C15H24N2O2. The molecule has 0 aliphatic heterocycles. The average molecular weight is 264 g/mol. The van der Waals surface area contributed by atoms with Crippen molar-refractivity contribution in [1.82, 2.24) is 10.6 Å². The van der Waals surface area contributed by atoms with E-state index in [1.807, 2.05) is 52.0 Å². The first-order valence-corrected chi connectivity index (χ1v) is 6.78. The van der Waals surface area contributed by atoms with Gasteiger partial charge in [0.1, 0.15) is 5.75 Å². The van der Waals surface area contributed by atoms with Crippen molar-refractivity contribution < 1.29 is 9.53 Å². The molecule has 1 rings (SSSR count). The van der Waals surface area contributed by atoms with Gasteiger partial charge in [-0.1, -0.05) is 12.1 Å². The van der Waals surface area contributed by atoms with E-state index in [-0.39, 0.29) is 18.0 Å². The maximum absolute atomic E-state index is 11.5. The SMILES string of the molecule is CCOc1ccc(C(C)NCC(=O)NC(C)C)cc1. The predicted octanol–water partition coefficient (Wildman–Crippen LogP) is 2.26. The molecule has 2 N–H and O–H groups in total. The van der Waals surface area contributed by atoms with Crippen molar-refractivity contribution in [3.63, 3.8) is 0 Å². The third-order valence-corrected chi connectivity index (χ3v) is 2.71. The highest BCUT2D eigenvalue weighted by atomic mass is 16.5. The second-order valence-corrected chi connectivity index (χ2v) is 4.83. The van der Waals surface area contributed by atoms with Gasteiger partial charge in [-0.25, -0.2) is 0 Å². The Morgan fingerprint density at radius 3 is 2.37 bits per heavy atom. The Bertz CT molecular complexity index is 388. The normalized spacial score (nSPS) is 12.3. The smallest absolute Gasteiger partial charge is 0.234 e. The van der Waals surface area contributed by atoms with Gasteiger partial charge in [0.05, 0.1) is 13.2 Å². The molecule has 0 aromatic heterocycles. The summed E-state index contributed by atoms with van der Waals surface area (Å²) in [7, 11) is 0. The molecule has 4 nitrogen and oxygen atoms in total. The van der Waals surface area contributed by atoms with Crippen LogP contribution >= 0.6 is 0 Å². The maximum Gasteiger partial charge on any atom is 0.234 e. The molecule has 0 heterocycles. The van der Waals surface area contributed by atoms with Crippen molar-refractivity contribution in [1.29, 1.82) is 0 Å². The summed E-state index contributed by atoms with van der Waals surface area (Å²) in [4.78, 5) is 11.5. The summed E-state index contributed by atoms with van der Waals surface area (Å²) in [6.45, 7) is 8.90. The van der Waals surface area contributed by atoms with Gasteiger partial charge in [0, 0.05) is 12.1 Å². The van der Waals surface area contributed by atoms with Crippen LogP contribution in [0.5, 0.6) is 5.75 Å². The molecule has 1 atom stereocenters.